The summed E-state index contributed by atoms with van der Waals surface area (Å²) in [6.07, 6.45) is 1.93. The molecule has 104 valence electrons. The fraction of sp³-hybridized carbons (Fsp3) is 0.250. The zero-order valence-corrected chi connectivity index (χ0v) is 11.3. The fourth-order valence-electron chi connectivity index (χ4n) is 1.99. The summed E-state index contributed by atoms with van der Waals surface area (Å²) in [5.41, 5.74) is 1.80. The molecule has 0 atom stereocenters. The maximum atomic E-state index is 12.3. The zero-order chi connectivity index (χ0) is 14.2. The number of hydrogen-bond donors (Lipinski definition) is 1. The molecule has 1 amide bonds. The Morgan fingerprint density at radius 3 is 2.50 bits per heavy atom. The Morgan fingerprint density at radius 1 is 1.10 bits per heavy atom. The van der Waals surface area contributed by atoms with Crippen LogP contribution in [0.4, 0.5) is 0 Å². The first kappa shape index (κ1) is 14.2. The van der Waals surface area contributed by atoms with E-state index in [0.717, 1.165) is 11.3 Å². The molecule has 1 aromatic heterocycles. The molecule has 1 heterocycles. The van der Waals surface area contributed by atoms with Gasteiger partial charge in [-0.15, -0.1) is 0 Å². The second-order valence-electron chi connectivity index (χ2n) is 4.52. The Kier molecular flexibility index (Phi) is 5.26. The van der Waals surface area contributed by atoms with Crippen LogP contribution in [-0.4, -0.2) is 34.0 Å². The average Bonchev–Trinajstić information content (AvgIpc) is 2.49. The van der Waals surface area contributed by atoms with E-state index >= 15 is 0 Å². The summed E-state index contributed by atoms with van der Waals surface area (Å²) in [5, 5.41) is 9.12. The van der Waals surface area contributed by atoms with Gasteiger partial charge in [0.25, 0.3) is 0 Å². The number of carbonyl (C=O) groups is 1. The quantitative estimate of drug-likeness (QED) is 0.868. The molecule has 4 heteroatoms. The van der Waals surface area contributed by atoms with Crippen LogP contribution in [0.5, 0.6) is 0 Å². The average molecular weight is 270 g/mol. The van der Waals surface area contributed by atoms with Gasteiger partial charge in [0.05, 0.1) is 13.0 Å². The van der Waals surface area contributed by atoms with Crippen LogP contribution >= 0.6 is 0 Å². The van der Waals surface area contributed by atoms with Gasteiger partial charge < -0.3 is 10.0 Å². The van der Waals surface area contributed by atoms with Crippen molar-refractivity contribution < 1.29 is 9.90 Å². The molecule has 2 aromatic rings. The number of carbonyl (C=O) groups excluding carboxylic acids is 1. The van der Waals surface area contributed by atoms with Crippen molar-refractivity contribution >= 4 is 5.91 Å². The predicted molar refractivity (Wildman–Crippen MR) is 76.9 cm³/mol. The van der Waals surface area contributed by atoms with Gasteiger partial charge in [0.2, 0.25) is 5.91 Å². The van der Waals surface area contributed by atoms with E-state index < -0.39 is 0 Å². The molecule has 0 unspecified atom stereocenters. The minimum absolute atomic E-state index is 0.0263. The van der Waals surface area contributed by atoms with E-state index in [-0.39, 0.29) is 18.9 Å². The Labute approximate surface area is 118 Å². The molecule has 0 radical (unpaired) electrons. The van der Waals surface area contributed by atoms with Crippen molar-refractivity contribution in [2.24, 2.45) is 0 Å². The minimum Gasteiger partial charge on any atom is -0.395 e. The number of aliphatic hydroxyl groups excluding tert-OH is 1. The summed E-state index contributed by atoms with van der Waals surface area (Å²) in [6, 6.07) is 15.3. The molecule has 0 saturated heterocycles. The maximum Gasteiger partial charge on any atom is 0.228 e. The molecule has 20 heavy (non-hydrogen) atoms. The van der Waals surface area contributed by atoms with Crippen molar-refractivity contribution in [3.8, 4) is 0 Å². The molecule has 4 nitrogen and oxygen atoms in total. The van der Waals surface area contributed by atoms with Crippen LogP contribution in [0.2, 0.25) is 0 Å². The van der Waals surface area contributed by atoms with Crippen molar-refractivity contribution in [1.82, 2.24) is 9.88 Å². The van der Waals surface area contributed by atoms with Gasteiger partial charge in [0.15, 0.2) is 0 Å². The molecule has 2 rings (SSSR count). The third kappa shape index (κ3) is 4.17. The lowest BCUT2D eigenvalue weighted by molar-refractivity contribution is -0.131. The van der Waals surface area contributed by atoms with Gasteiger partial charge in [-0.05, 0) is 17.7 Å². The van der Waals surface area contributed by atoms with Gasteiger partial charge in [-0.1, -0.05) is 36.4 Å². The highest BCUT2D eigenvalue weighted by molar-refractivity contribution is 5.78. The van der Waals surface area contributed by atoms with E-state index in [1.165, 1.54) is 0 Å². The third-order valence-electron chi connectivity index (χ3n) is 3.00. The van der Waals surface area contributed by atoms with Gasteiger partial charge in [0, 0.05) is 25.0 Å². The first-order valence-electron chi connectivity index (χ1n) is 6.62. The second kappa shape index (κ2) is 7.40. The molecule has 0 spiro atoms. The molecular weight excluding hydrogens is 252 g/mol. The topological polar surface area (TPSA) is 53.4 Å². The first-order chi connectivity index (χ1) is 9.79. The van der Waals surface area contributed by atoms with Gasteiger partial charge >= 0.3 is 0 Å². The summed E-state index contributed by atoms with van der Waals surface area (Å²) in [6.45, 7) is 0.800. The fourth-order valence-corrected chi connectivity index (χ4v) is 1.99. The number of hydrogen-bond acceptors (Lipinski definition) is 3. The number of rotatable bonds is 6. The summed E-state index contributed by atoms with van der Waals surface area (Å²) >= 11 is 0. The lowest BCUT2D eigenvalue weighted by Gasteiger charge is -2.21. The molecule has 0 saturated carbocycles. The number of nitrogens with zero attached hydrogens (tertiary/aromatic N) is 2. The van der Waals surface area contributed by atoms with Crippen molar-refractivity contribution in [2.75, 3.05) is 13.2 Å². The predicted octanol–water partition coefficient (Wildman–Crippen LogP) is 1.65. The van der Waals surface area contributed by atoms with Gasteiger partial charge in [-0.25, -0.2) is 0 Å². The first-order valence-corrected chi connectivity index (χ1v) is 6.62. The van der Waals surface area contributed by atoms with Crippen LogP contribution in [0.25, 0.3) is 0 Å². The summed E-state index contributed by atoms with van der Waals surface area (Å²) < 4.78 is 0. The molecule has 0 aliphatic heterocycles. The highest BCUT2D eigenvalue weighted by Crippen LogP contribution is 2.07. The molecule has 0 bridgehead atoms. The molecule has 0 aliphatic carbocycles. The lowest BCUT2D eigenvalue weighted by Crippen LogP contribution is -2.34. The van der Waals surface area contributed by atoms with Crippen molar-refractivity contribution in [3.05, 3.63) is 66.0 Å². The van der Waals surface area contributed by atoms with E-state index in [2.05, 4.69) is 4.98 Å². The Hall–Kier alpha value is -2.20. The van der Waals surface area contributed by atoms with Crippen molar-refractivity contribution in [2.45, 2.75) is 13.0 Å². The second-order valence-corrected chi connectivity index (χ2v) is 4.52. The van der Waals surface area contributed by atoms with Gasteiger partial charge in [0.1, 0.15) is 0 Å². The maximum absolute atomic E-state index is 12.3. The summed E-state index contributed by atoms with van der Waals surface area (Å²) in [4.78, 5) is 18.1. The van der Waals surface area contributed by atoms with Crippen molar-refractivity contribution in [3.63, 3.8) is 0 Å². The van der Waals surface area contributed by atoms with E-state index in [1.54, 1.807) is 11.1 Å². The van der Waals surface area contributed by atoms with E-state index in [0.29, 0.717) is 13.1 Å². The normalized spacial score (nSPS) is 10.2. The van der Waals surface area contributed by atoms with Crippen molar-refractivity contribution in [1.29, 1.82) is 0 Å². The molecular formula is C16H18N2O2. The largest absolute Gasteiger partial charge is 0.395 e. The lowest BCUT2D eigenvalue weighted by atomic mass is 10.2. The molecule has 1 aromatic carbocycles. The SMILES string of the molecule is O=C(Cc1ccccn1)N(CCO)Cc1ccccc1. The van der Waals surface area contributed by atoms with Crippen LogP contribution in [0.1, 0.15) is 11.3 Å². The van der Waals surface area contributed by atoms with E-state index in [9.17, 15) is 4.79 Å². The monoisotopic (exact) mass is 270 g/mol. The van der Waals surface area contributed by atoms with Crippen LogP contribution in [0.3, 0.4) is 0 Å². The van der Waals surface area contributed by atoms with E-state index in [4.69, 9.17) is 5.11 Å². The smallest absolute Gasteiger partial charge is 0.228 e. The van der Waals surface area contributed by atoms with Crippen LogP contribution in [-0.2, 0) is 17.8 Å². The Bertz CT molecular complexity index is 529. The third-order valence-corrected chi connectivity index (χ3v) is 3.00. The van der Waals surface area contributed by atoms with E-state index in [1.807, 2.05) is 48.5 Å². The van der Waals surface area contributed by atoms with Crippen LogP contribution < -0.4 is 0 Å². The number of aromatic nitrogens is 1. The van der Waals surface area contributed by atoms with Crippen LogP contribution in [0, 0.1) is 0 Å². The molecule has 0 fully saturated rings. The highest BCUT2D eigenvalue weighted by Gasteiger charge is 2.14. The Morgan fingerprint density at radius 2 is 1.85 bits per heavy atom. The highest BCUT2D eigenvalue weighted by atomic mass is 16.3. The van der Waals surface area contributed by atoms with Gasteiger partial charge in [-0.3, -0.25) is 9.78 Å². The number of amides is 1. The number of benzene rings is 1. The molecule has 1 N–H and O–H groups in total. The van der Waals surface area contributed by atoms with Crippen LogP contribution in [0.15, 0.2) is 54.7 Å². The number of aliphatic hydroxyl groups is 1. The molecule has 0 aliphatic rings. The zero-order valence-electron chi connectivity index (χ0n) is 11.3. The summed E-state index contributed by atoms with van der Waals surface area (Å²) in [5.74, 6) is -0.0263. The van der Waals surface area contributed by atoms with Gasteiger partial charge in [-0.2, -0.15) is 0 Å². The standard InChI is InChI=1S/C16H18N2O2/c19-11-10-18(13-14-6-2-1-3-7-14)16(20)12-15-8-4-5-9-17-15/h1-9,19H,10-13H2. The number of pyridine rings is 1. The minimum atomic E-state index is -0.0409. The Balaban J connectivity index is 2.02. The summed E-state index contributed by atoms with van der Waals surface area (Å²) in [7, 11) is 0.